The van der Waals surface area contributed by atoms with Gasteiger partial charge in [-0.3, -0.25) is 10.1 Å². The fourth-order valence-electron chi connectivity index (χ4n) is 1.06. The molecule has 0 aromatic heterocycles. The Morgan fingerprint density at radius 2 is 2.15 bits per heavy atom. The van der Waals surface area contributed by atoms with Crippen LogP contribution in [0.4, 0.5) is 0 Å². The quantitative estimate of drug-likeness (QED) is 0.605. The predicted octanol–water partition coefficient (Wildman–Crippen LogP) is 2.66. The number of rotatable bonds is 3. The van der Waals surface area contributed by atoms with Crippen LogP contribution in [-0.2, 0) is 6.42 Å². The number of nitro groups is 1. The molecule has 0 radical (unpaired) electrons. The molecule has 0 bridgehead atoms. The van der Waals surface area contributed by atoms with E-state index in [4.69, 9.17) is 0 Å². The largest absolute Gasteiger partial charge is 0.264 e. The van der Waals surface area contributed by atoms with Crippen molar-refractivity contribution in [2.45, 2.75) is 19.4 Å². The lowest BCUT2D eigenvalue weighted by atomic mass is 10.1. The summed E-state index contributed by atoms with van der Waals surface area (Å²) in [6, 6.07) is 7.03. The highest BCUT2D eigenvalue weighted by Crippen LogP contribution is 2.17. The van der Waals surface area contributed by atoms with Crippen LogP contribution in [0.5, 0.6) is 0 Å². The van der Waals surface area contributed by atoms with E-state index in [0.29, 0.717) is 6.42 Å². The van der Waals surface area contributed by atoms with Gasteiger partial charge in [0.1, 0.15) is 0 Å². The molecule has 3 nitrogen and oxygen atoms in total. The molecule has 70 valence electrons. The van der Waals surface area contributed by atoms with Crippen LogP contribution in [0.1, 0.15) is 12.5 Å². The molecule has 0 N–H and O–H groups in total. The molecule has 1 rings (SSSR count). The predicted molar refractivity (Wildman–Crippen MR) is 54.3 cm³/mol. The second kappa shape index (κ2) is 4.37. The molecule has 0 saturated heterocycles. The van der Waals surface area contributed by atoms with Crippen LogP contribution in [0.2, 0.25) is 0 Å². The van der Waals surface area contributed by atoms with Gasteiger partial charge in [-0.2, -0.15) is 0 Å². The molecule has 0 amide bonds. The molecule has 0 heterocycles. The molecule has 1 aromatic rings. The minimum atomic E-state index is -0.529. The fourth-order valence-corrected chi connectivity index (χ4v) is 1.50. The molecule has 0 unspecified atom stereocenters. The third kappa shape index (κ3) is 2.81. The number of hydrogen-bond donors (Lipinski definition) is 0. The SMILES string of the molecule is C[C@H](Cc1ccccc1Br)[N+](=O)[O-]. The molecule has 0 aliphatic carbocycles. The van der Waals surface area contributed by atoms with E-state index in [1.807, 2.05) is 24.3 Å². The molecule has 4 heteroatoms. The van der Waals surface area contributed by atoms with E-state index in [1.54, 1.807) is 6.92 Å². The maximum atomic E-state index is 10.4. The Balaban J connectivity index is 2.74. The molecule has 1 atom stereocenters. The van der Waals surface area contributed by atoms with E-state index in [0.717, 1.165) is 10.0 Å². The van der Waals surface area contributed by atoms with E-state index >= 15 is 0 Å². The summed E-state index contributed by atoms with van der Waals surface area (Å²) in [5.41, 5.74) is 0.978. The minimum absolute atomic E-state index is 0.264. The van der Waals surface area contributed by atoms with Gasteiger partial charge in [0.25, 0.3) is 0 Å². The number of hydrogen-bond acceptors (Lipinski definition) is 2. The Bertz CT molecular complexity index is 314. The topological polar surface area (TPSA) is 43.1 Å². The summed E-state index contributed by atoms with van der Waals surface area (Å²) in [6.45, 7) is 1.61. The van der Waals surface area contributed by atoms with E-state index in [9.17, 15) is 10.1 Å². The van der Waals surface area contributed by atoms with Gasteiger partial charge in [-0.1, -0.05) is 34.1 Å². The summed E-state index contributed by atoms with van der Waals surface area (Å²) in [4.78, 5) is 10.1. The first-order valence-electron chi connectivity index (χ1n) is 3.98. The summed E-state index contributed by atoms with van der Waals surface area (Å²) < 4.78 is 0.934. The number of halogens is 1. The van der Waals surface area contributed by atoms with Crippen LogP contribution in [0, 0.1) is 10.1 Å². The number of nitrogens with zero attached hydrogens (tertiary/aromatic N) is 1. The van der Waals surface area contributed by atoms with Crippen LogP contribution in [0.15, 0.2) is 28.7 Å². The first-order valence-corrected chi connectivity index (χ1v) is 4.77. The zero-order valence-corrected chi connectivity index (χ0v) is 8.82. The van der Waals surface area contributed by atoms with Gasteiger partial charge in [-0.15, -0.1) is 0 Å². The Hall–Kier alpha value is -0.900. The summed E-state index contributed by atoms with van der Waals surface area (Å²) >= 11 is 3.35. The second-order valence-corrected chi connectivity index (χ2v) is 3.78. The molecular formula is C9H10BrNO2. The Morgan fingerprint density at radius 1 is 1.54 bits per heavy atom. The van der Waals surface area contributed by atoms with Crippen molar-refractivity contribution in [1.29, 1.82) is 0 Å². The Morgan fingerprint density at radius 3 is 2.69 bits per heavy atom. The Labute approximate surface area is 85.0 Å². The second-order valence-electron chi connectivity index (χ2n) is 2.93. The zero-order chi connectivity index (χ0) is 9.84. The Kier molecular flexibility index (Phi) is 3.42. The van der Waals surface area contributed by atoms with Crippen LogP contribution < -0.4 is 0 Å². The number of benzene rings is 1. The van der Waals surface area contributed by atoms with E-state index < -0.39 is 6.04 Å². The minimum Gasteiger partial charge on any atom is -0.264 e. The normalized spacial score (nSPS) is 12.5. The third-order valence-corrected chi connectivity index (χ3v) is 2.61. The molecule has 13 heavy (non-hydrogen) atoms. The van der Waals surface area contributed by atoms with Crippen molar-refractivity contribution in [1.82, 2.24) is 0 Å². The maximum Gasteiger partial charge on any atom is 0.214 e. The van der Waals surface area contributed by atoms with E-state index in [1.165, 1.54) is 0 Å². The van der Waals surface area contributed by atoms with Crippen LogP contribution in [0.25, 0.3) is 0 Å². The summed E-state index contributed by atoms with van der Waals surface area (Å²) in [7, 11) is 0. The highest BCUT2D eigenvalue weighted by molar-refractivity contribution is 9.10. The van der Waals surface area contributed by atoms with Gasteiger partial charge < -0.3 is 0 Å². The molecule has 0 fully saturated rings. The van der Waals surface area contributed by atoms with Crippen molar-refractivity contribution in [3.05, 3.63) is 44.4 Å². The van der Waals surface area contributed by atoms with Crippen LogP contribution in [-0.4, -0.2) is 11.0 Å². The van der Waals surface area contributed by atoms with Crippen molar-refractivity contribution in [2.75, 3.05) is 0 Å². The van der Waals surface area contributed by atoms with Crippen LogP contribution >= 0.6 is 15.9 Å². The van der Waals surface area contributed by atoms with Crippen molar-refractivity contribution in [3.8, 4) is 0 Å². The smallest absolute Gasteiger partial charge is 0.214 e. The van der Waals surface area contributed by atoms with E-state index in [-0.39, 0.29) is 4.92 Å². The van der Waals surface area contributed by atoms with Crippen molar-refractivity contribution in [2.24, 2.45) is 0 Å². The highest BCUT2D eigenvalue weighted by atomic mass is 79.9. The van der Waals surface area contributed by atoms with Crippen LogP contribution in [0.3, 0.4) is 0 Å². The van der Waals surface area contributed by atoms with Crippen molar-refractivity contribution >= 4 is 15.9 Å². The highest BCUT2D eigenvalue weighted by Gasteiger charge is 2.14. The van der Waals surface area contributed by atoms with Gasteiger partial charge in [0.05, 0.1) is 0 Å². The lowest BCUT2D eigenvalue weighted by molar-refractivity contribution is -0.517. The van der Waals surface area contributed by atoms with Gasteiger partial charge in [0.15, 0.2) is 0 Å². The zero-order valence-electron chi connectivity index (χ0n) is 7.24. The van der Waals surface area contributed by atoms with Gasteiger partial charge in [-0.25, -0.2) is 0 Å². The van der Waals surface area contributed by atoms with Gasteiger partial charge in [0.2, 0.25) is 6.04 Å². The average molecular weight is 244 g/mol. The summed E-state index contributed by atoms with van der Waals surface area (Å²) in [5.74, 6) is 0. The maximum absolute atomic E-state index is 10.4. The monoisotopic (exact) mass is 243 g/mol. The van der Waals surface area contributed by atoms with Gasteiger partial charge in [0, 0.05) is 22.7 Å². The standard InChI is InChI=1S/C9H10BrNO2/c1-7(11(12)13)6-8-4-2-3-5-9(8)10/h2-5,7H,6H2,1H3/t7-/m1/s1. The lowest BCUT2D eigenvalue weighted by Gasteiger charge is -2.05. The molecular weight excluding hydrogens is 234 g/mol. The molecule has 0 saturated carbocycles. The van der Waals surface area contributed by atoms with Gasteiger partial charge in [-0.05, 0) is 11.6 Å². The average Bonchev–Trinajstić information content (AvgIpc) is 2.08. The third-order valence-electron chi connectivity index (χ3n) is 1.83. The molecule has 0 aliphatic rings. The fraction of sp³-hybridized carbons (Fsp3) is 0.333. The first-order chi connectivity index (χ1) is 6.11. The lowest BCUT2D eigenvalue weighted by Crippen LogP contribution is -2.17. The molecule has 0 aliphatic heterocycles. The van der Waals surface area contributed by atoms with Crippen molar-refractivity contribution in [3.63, 3.8) is 0 Å². The van der Waals surface area contributed by atoms with Crippen molar-refractivity contribution < 1.29 is 4.92 Å². The summed E-state index contributed by atoms with van der Waals surface area (Å²) in [5, 5.41) is 10.4. The first kappa shape index (κ1) is 10.2. The summed E-state index contributed by atoms with van der Waals surface area (Å²) in [6.07, 6.45) is 0.467. The molecule has 1 aromatic carbocycles. The van der Waals surface area contributed by atoms with Gasteiger partial charge >= 0.3 is 0 Å². The molecule has 0 spiro atoms. The van der Waals surface area contributed by atoms with E-state index in [2.05, 4.69) is 15.9 Å².